The van der Waals surface area contributed by atoms with Gasteiger partial charge in [-0.25, -0.2) is 4.98 Å². The molecule has 0 fully saturated rings. The maximum atomic E-state index is 12.4. The lowest BCUT2D eigenvalue weighted by Gasteiger charge is -2.14. The Morgan fingerprint density at radius 3 is 3.09 bits per heavy atom. The summed E-state index contributed by atoms with van der Waals surface area (Å²) in [6, 6.07) is 5.33. The third-order valence-corrected chi connectivity index (χ3v) is 4.26. The van der Waals surface area contributed by atoms with Crippen molar-refractivity contribution in [2.45, 2.75) is 13.0 Å². The molecule has 2 heterocycles. The number of rotatable bonds is 4. The highest BCUT2D eigenvalue weighted by atomic mass is 79.9. The topological polar surface area (TPSA) is 76.0 Å². The molecule has 0 spiro atoms. The van der Waals surface area contributed by atoms with Gasteiger partial charge in [0.15, 0.2) is 0 Å². The van der Waals surface area contributed by atoms with Crippen LogP contribution in [0.3, 0.4) is 0 Å². The molecule has 0 saturated carbocycles. The Morgan fingerprint density at radius 1 is 1.43 bits per heavy atom. The molecule has 23 heavy (non-hydrogen) atoms. The van der Waals surface area contributed by atoms with Crippen LogP contribution in [-0.4, -0.2) is 35.1 Å². The van der Waals surface area contributed by atoms with Gasteiger partial charge in [-0.2, -0.15) is 0 Å². The lowest BCUT2D eigenvalue weighted by Crippen LogP contribution is -2.34. The zero-order chi connectivity index (χ0) is 16.2. The smallest absolute Gasteiger partial charge is 0.261 e. The molecule has 7 heteroatoms. The lowest BCUT2D eigenvalue weighted by molar-refractivity contribution is -0.121. The van der Waals surface area contributed by atoms with Gasteiger partial charge >= 0.3 is 0 Å². The number of carbonyl (C=O) groups excluding carboxylic acids is 1. The number of hydrogen-bond acceptors (Lipinski definition) is 4. The van der Waals surface area contributed by atoms with Gasteiger partial charge in [-0.15, -0.1) is 0 Å². The van der Waals surface area contributed by atoms with Crippen LogP contribution in [0.15, 0.2) is 45.4 Å². The normalized spacial score (nSPS) is 14.6. The maximum absolute atomic E-state index is 12.4. The summed E-state index contributed by atoms with van der Waals surface area (Å²) in [6.07, 6.45) is 4.44. The van der Waals surface area contributed by atoms with Gasteiger partial charge in [0, 0.05) is 17.6 Å². The third-order valence-electron chi connectivity index (χ3n) is 3.77. The molecule has 0 unspecified atom stereocenters. The van der Waals surface area contributed by atoms with Gasteiger partial charge in [-0.3, -0.25) is 14.2 Å². The first-order valence-corrected chi connectivity index (χ1v) is 8.23. The van der Waals surface area contributed by atoms with Crippen molar-refractivity contribution >= 4 is 32.7 Å². The van der Waals surface area contributed by atoms with E-state index in [9.17, 15) is 9.59 Å². The molecule has 1 aromatic carbocycles. The van der Waals surface area contributed by atoms with Gasteiger partial charge in [0.05, 0.1) is 17.2 Å². The number of halogens is 1. The first kappa shape index (κ1) is 15.9. The lowest BCUT2D eigenvalue weighted by atomic mass is 10.1. The fraction of sp³-hybridized carbons (Fsp3) is 0.312. The Hall–Kier alpha value is -1.99. The van der Waals surface area contributed by atoms with Crippen LogP contribution in [0, 0.1) is 0 Å². The average Bonchev–Trinajstić information content (AvgIpc) is 2.57. The van der Waals surface area contributed by atoms with E-state index in [0.29, 0.717) is 17.4 Å². The molecule has 0 aliphatic carbocycles. The van der Waals surface area contributed by atoms with E-state index in [4.69, 9.17) is 0 Å². The molecule has 0 saturated heterocycles. The first-order valence-electron chi connectivity index (χ1n) is 7.43. The summed E-state index contributed by atoms with van der Waals surface area (Å²) in [7, 11) is 0. The molecule has 6 nitrogen and oxygen atoms in total. The van der Waals surface area contributed by atoms with Crippen molar-refractivity contribution < 1.29 is 4.79 Å². The summed E-state index contributed by atoms with van der Waals surface area (Å²) in [5.41, 5.74) is 1.62. The Kier molecular flexibility index (Phi) is 4.88. The molecule has 0 radical (unpaired) electrons. The molecule has 2 aromatic rings. The highest BCUT2D eigenvalue weighted by molar-refractivity contribution is 9.10. The summed E-state index contributed by atoms with van der Waals surface area (Å²) in [4.78, 5) is 28.7. The van der Waals surface area contributed by atoms with Gasteiger partial charge in [-0.1, -0.05) is 27.6 Å². The molecule has 3 rings (SSSR count). The minimum absolute atomic E-state index is 0.0280. The standard InChI is InChI=1S/C16H17BrN4O2/c17-12-1-2-14-13(7-12)16(23)21(10-20-14)9-15(22)19-8-11-3-5-18-6-4-11/h1-3,7,10,18H,4-6,8-9H2,(H,19,22). The number of nitrogens with one attached hydrogen (secondary N) is 2. The SMILES string of the molecule is O=C(Cn1cnc2ccc(Br)cc2c1=O)NCC1=CCNCC1. The summed E-state index contributed by atoms with van der Waals surface area (Å²) in [5.74, 6) is -0.192. The van der Waals surface area contributed by atoms with E-state index >= 15 is 0 Å². The Bertz CT molecular complexity index is 828. The first-order chi connectivity index (χ1) is 11.1. The summed E-state index contributed by atoms with van der Waals surface area (Å²) < 4.78 is 2.14. The number of carbonyl (C=O) groups is 1. The second-order valence-corrected chi connectivity index (χ2v) is 6.35. The molecule has 1 aliphatic heterocycles. The Morgan fingerprint density at radius 2 is 2.30 bits per heavy atom. The number of nitrogens with zero attached hydrogens (tertiary/aromatic N) is 2. The quantitative estimate of drug-likeness (QED) is 0.786. The van der Waals surface area contributed by atoms with E-state index in [2.05, 4.69) is 37.6 Å². The fourth-order valence-corrected chi connectivity index (χ4v) is 2.86. The van der Waals surface area contributed by atoms with Crippen molar-refractivity contribution in [1.82, 2.24) is 20.2 Å². The number of amides is 1. The minimum Gasteiger partial charge on any atom is -0.351 e. The van der Waals surface area contributed by atoms with Crippen LogP contribution in [0.2, 0.25) is 0 Å². The predicted molar refractivity (Wildman–Crippen MR) is 92.3 cm³/mol. The molecule has 120 valence electrons. The summed E-state index contributed by atoms with van der Waals surface area (Å²) in [5, 5.41) is 6.58. The minimum atomic E-state index is -0.215. The predicted octanol–water partition coefficient (Wildman–Crippen LogP) is 1.19. The molecule has 0 bridgehead atoms. The van der Waals surface area contributed by atoms with Crippen LogP contribution in [0.5, 0.6) is 0 Å². The van der Waals surface area contributed by atoms with Crippen LogP contribution in [0.4, 0.5) is 0 Å². The van der Waals surface area contributed by atoms with Crippen molar-refractivity contribution in [3.8, 4) is 0 Å². The number of benzene rings is 1. The summed E-state index contributed by atoms with van der Waals surface area (Å²) in [6.45, 7) is 2.28. The molecule has 1 amide bonds. The number of fused-ring (bicyclic) bond motifs is 1. The van der Waals surface area contributed by atoms with E-state index in [-0.39, 0.29) is 18.0 Å². The van der Waals surface area contributed by atoms with Crippen molar-refractivity contribution in [3.05, 3.63) is 51.0 Å². The van der Waals surface area contributed by atoms with E-state index in [1.807, 2.05) is 6.07 Å². The Balaban J connectivity index is 1.71. The number of hydrogen-bond donors (Lipinski definition) is 2. The Labute approximate surface area is 141 Å². The molecule has 1 aromatic heterocycles. The molecule has 1 aliphatic rings. The maximum Gasteiger partial charge on any atom is 0.261 e. The molecule has 2 N–H and O–H groups in total. The van der Waals surface area contributed by atoms with Gasteiger partial charge < -0.3 is 10.6 Å². The molecular formula is C16H17BrN4O2. The van der Waals surface area contributed by atoms with Gasteiger partial charge in [0.1, 0.15) is 6.54 Å². The van der Waals surface area contributed by atoms with E-state index in [1.54, 1.807) is 12.1 Å². The zero-order valence-electron chi connectivity index (χ0n) is 12.5. The van der Waals surface area contributed by atoms with Gasteiger partial charge in [-0.05, 0) is 31.2 Å². The van der Waals surface area contributed by atoms with Crippen LogP contribution in [0.25, 0.3) is 10.9 Å². The van der Waals surface area contributed by atoms with Crippen LogP contribution >= 0.6 is 15.9 Å². The number of aromatic nitrogens is 2. The monoisotopic (exact) mass is 376 g/mol. The highest BCUT2D eigenvalue weighted by Gasteiger charge is 2.10. The molecular weight excluding hydrogens is 360 g/mol. The zero-order valence-corrected chi connectivity index (χ0v) is 14.1. The van der Waals surface area contributed by atoms with Gasteiger partial charge in [0.25, 0.3) is 5.56 Å². The molecule has 0 atom stereocenters. The highest BCUT2D eigenvalue weighted by Crippen LogP contribution is 2.14. The largest absolute Gasteiger partial charge is 0.351 e. The second-order valence-electron chi connectivity index (χ2n) is 5.43. The fourth-order valence-electron chi connectivity index (χ4n) is 2.50. The van der Waals surface area contributed by atoms with E-state index < -0.39 is 0 Å². The average molecular weight is 377 g/mol. The second kappa shape index (κ2) is 7.06. The van der Waals surface area contributed by atoms with E-state index in [1.165, 1.54) is 16.5 Å². The van der Waals surface area contributed by atoms with Crippen LogP contribution in [0.1, 0.15) is 6.42 Å². The van der Waals surface area contributed by atoms with Crippen LogP contribution < -0.4 is 16.2 Å². The third kappa shape index (κ3) is 3.86. The van der Waals surface area contributed by atoms with Crippen molar-refractivity contribution in [3.63, 3.8) is 0 Å². The van der Waals surface area contributed by atoms with Gasteiger partial charge in [0.2, 0.25) is 5.91 Å². The summed E-state index contributed by atoms with van der Waals surface area (Å²) >= 11 is 3.34. The van der Waals surface area contributed by atoms with Crippen molar-refractivity contribution in [2.24, 2.45) is 0 Å². The van der Waals surface area contributed by atoms with Crippen LogP contribution in [-0.2, 0) is 11.3 Å². The van der Waals surface area contributed by atoms with Crippen molar-refractivity contribution in [1.29, 1.82) is 0 Å². The van der Waals surface area contributed by atoms with Crippen molar-refractivity contribution in [2.75, 3.05) is 19.6 Å². The van der Waals surface area contributed by atoms with E-state index in [0.717, 1.165) is 24.0 Å².